The maximum absolute atomic E-state index is 11.7. The summed E-state index contributed by atoms with van der Waals surface area (Å²) >= 11 is 5.80. The summed E-state index contributed by atoms with van der Waals surface area (Å²) in [4.78, 5) is 11.7. The fourth-order valence-corrected chi connectivity index (χ4v) is 2.04. The highest BCUT2D eigenvalue weighted by Crippen LogP contribution is 2.36. The molecule has 2 rings (SSSR count). The minimum absolute atomic E-state index is 0.0741. The molecule has 0 heterocycles. The second-order valence-corrected chi connectivity index (χ2v) is 4.71. The number of carbonyl (C=O) groups excluding carboxylic acids is 1. The van der Waals surface area contributed by atoms with E-state index in [-0.39, 0.29) is 11.4 Å². The van der Waals surface area contributed by atoms with E-state index >= 15 is 0 Å². The Hall–Kier alpha value is -1.02. The number of nitrogens with one attached hydrogen (secondary N) is 1. The van der Waals surface area contributed by atoms with Crippen LogP contribution in [0, 0.1) is 0 Å². The first kappa shape index (κ1) is 11.5. The third kappa shape index (κ3) is 2.99. The number of benzene rings is 1. The molecule has 0 atom stereocenters. The van der Waals surface area contributed by atoms with E-state index in [1.54, 1.807) is 0 Å². The molecular formula is C13H16ClNO. The van der Waals surface area contributed by atoms with Gasteiger partial charge >= 0.3 is 0 Å². The molecule has 1 amide bonds. The molecule has 1 aromatic carbocycles. The molecule has 0 unspecified atom stereocenters. The summed E-state index contributed by atoms with van der Waals surface area (Å²) in [5.41, 5.74) is 1.13. The van der Waals surface area contributed by atoms with Gasteiger partial charge in [-0.25, -0.2) is 0 Å². The summed E-state index contributed by atoms with van der Waals surface area (Å²) in [6.07, 6.45) is 3.38. The summed E-state index contributed by atoms with van der Waals surface area (Å²) in [7, 11) is 0. The van der Waals surface area contributed by atoms with Gasteiger partial charge in [-0.1, -0.05) is 30.3 Å². The minimum Gasteiger partial charge on any atom is -0.349 e. The highest BCUT2D eigenvalue weighted by Gasteiger charge is 2.42. The Kier molecular flexibility index (Phi) is 3.49. The third-order valence-corrected chi connectivity index (χ3v) is 3.51. The molecule has 3 heteroatoms. The van der Waals surface area contributed by atoms with E-state index in [1.165, 1.54) is 5.56 Å². The standard InChI is InChI=1S/C13H16ClNO/c14-10-13(8-9-13)15-12(16)7-6-11-4-2-1-3-5-11/h1-5H,6-10H2,(H,15,16). The highest BCUT2D eigenvalue weighted by molar-refractivity contribution is 6.19. The third-order valence-electron chi connectivity index (χ3n) is 3.00. The zero-order valence-electron chi connectivity index (χ0n) is 9.21. The lowest BCUT2D eigenvalue weighted by molar-refractivity contribution is -0.121. The van der Waals surface area contributed by atoms with Crippen molar-refractivity contribution in [2.24, 2.45) is 0 Å². The molecule has 1 fully saturated rings. The van der Waals surface area contributed by atoms with E-state index in [4.69, 9.17) is 11.6 Å². The van der Waals surface area contributed by atoms with E-state index in [1.807, 2.05) is 30.3 Å². The lowest BCUT2D eigenvalue weighted by atomic mass is 10.1. The van der Waals surface area contributed by atoms with E-state index in [2.05, 4.69) is 5.32 Å². The van der Waals surface area contributed by atoms with Crippen molar-refractivity contribution in [2.75, 3.05) is 5.88 Å². The van der Waals surface area contributed by atoms with Gasteiger partial charge in [-0.15, -0.1) is 11.6 Å². The molecule has 1 N–H and O–H groups in total. The van der Waals surface area contributed by atoms with Gasteiger partial charge in [0.2, 0.25) is 5.91 Å². The van der Waals surface area contributed by atoms with Gasteiger partial charge < -0.3 is 5.32 Å². The second-order valence-electron chi connectivity index (χ2n) is 4.45. The Bertz CT molecular complexity index is 359. The van der Waals surface area contributed by atoms with E-state index in [0.717, 1.165) is 19.3 Å². The quantitative estimate of drug-likeness (QED) is 0.784. The van der Waals surface area contributed by atoms with Crippen LogP contribution in [0.15, 0.2) is 30.3 Å². The molecule has 0 saturated heterocycles. The van der Waals surface area contributed by atoms with Crippen LogP contribution in [0.3, 0.4) is 0 Å². The van der Waals surface area contributed by atoms with Crippen LogP contribution < -0.4 is 5.32 Å². The minimum atomic E-state index is -0.0741. The van der Waals surface area contributed by atoms with Crippen molar-refractivity contribution >= 4 is 17.5 Å². The Morgan fingerprint density at radius 1 is 1.31 bits per heavy atom. The normalized spacial score (nSPS) is 16.8. The smallest absolute Gasteiger partial charge is 0.220 e. The van der Waals surface area contributed by atoms with Crippen LogP contribution in [-0.4, -0.2) is 17.3 Å². The van der Waals surface area contributed by atoms with Crippen LogP contribution in [0.25, 0.3) is 0 Å². The van der Waals surface area contributed by atoms with Crippen LogP contribution in [0.5, 0.6) is 0 Å². The summed E-state index contributed by atoms with van der Waals surface area (Å²) in [5, 5.41) is 3.02. The monoisotopic (exact) mass is 237 g/mol. The van der Waals surface area contributed by atoms with E-state index in [9.17, 15) is 4.79 Å². The van der Waals surface area contributed by atoms with Gasteiger partial charge in [0.1, 0.15) is 0 Å². The van der Waals surface area contributed by atoms with E-state index in [0.29, 0.717) is 12.3 Å². The van der Waals surface area contributed by atoms with Crippen molar-refractivity contribution < 1.29 is 4.79 Å². The summed E-state index contributed by atoms with van der Waals surface area (Å²) in [5.74, 6) is 0.645. The lowest BCUT2D eigenvalue weighted by Crippen LogP contribution is -2.38. The molecule has 1 aliphatic carbocycles. The molecule has 1 aromatic rings. The fraction of sp³-hybridized carbons (Fsp3) is 0.462. The number of aryl methyl sites for hydroxylation is 1. The molecule has 1 saturated carbocycles. The van der Waals surface area contributed by atoms with Crippen molar-refractivity contribution in [1.82, 2.24) is 5.32 Å². The van der Waals surface area contributed by atoms with Crippen molar-refractivity contribution in [3.63, 3.8) is 0 Å². The summed E-state index contributed by atoms with van der Waals surface area (Å²) < 4.78 is 0. The van der Waals surface area contributed by atoms with Crippen molar-refractivity contribution in [3.05, 3.63) is 35.9 Å². The Labute approximate surface area is 101 Å². The molecule has 16 heavy (non-hydrogen) atoms. The number of carbonyl (C=O) groups is 1. The topological polar surface area (TPSA) is 29.1 Å². The summed E-state index contributed by atoms with van der Waals surface area (Å²) in [6.45, 7) is 0. The number of hydrogen-bond acceptors (Lipinski definition) is 1. The van der Waals surface area contributed by atoms with Gasteiger partial charge in [0.25, 0.3) is 0 Å². The van der Waals surface area contributed by atoms with Crippen LogP contribution >= 0.6 is 11.6 Å². The second kappa shape index (κ2) is 4.88. The number of halogens is 1. The van der Waals surface area contributed by atoms with Crippen LogP contribution in [0.2, 0.25) is 0 Å². The molecular weight excluding hydrogens is 222 g/mol. The molecule has 86 valence electrons. The van der Waals surface area contributed by atoms with Crippen LogP contribution in [0.1, 0.15) is 24.8 Å². The molecule has 1 aliphatic rings. The Morgan fingerprint density at radius 2 is 2.00 bits per heavy atom. The van der Waals surface area contributed by atoms with Gasteiger partial charge in [0, 0.05) is 12.3 Å². The SMILES string of the molecule is O=C(CCc1ccccc1)NC1(CCl)CC1. The lowest BCUT2D eigenvalue weighted by Gasteiger charge is -2.13. The van der Waals surface area contributed by atoms with Crippen LogP contribution in [-0.2, 0) is 11.2 Å². The Balaban J connectivity index is 1.76. The zero-order valence-corrected chi connectivity index (χ0v) is 9.96. The first-order valence-electron chi connectivity index (χ1n) is 5.65. The maximum Gasteiger partial charge on any atom is 0.220 e. The number of hydrogen-bond donors (Lipinski definition) is 1. The van der Waals surface area contributed by atoms with Gasteiger partial charge in [0.05, 0.1) is 5.54 Å². The average Bonchev–Trinajstić information content (AvgIpc) is 3.08. The van der Waals surface area contributed by atoms with Gasteiger partial charge in [-0.3, -0.25) is 4.79 Å². The van der Waals surface area contributed by atoms with Crippen molar-refractivity contribution in [2.45, 2.75) is 31.2 Å². The highest BCUT2D eigenvalue weighted by atomic mass is 35.5. The predicted octanol–water partition coefficient (Wildman–Crippen LogP) is 2.51. The average molecular weight is 238 g/mol. The fourth-order valence-electron chi connectivity index (χ4n) is 1.70. The first-order chi connectivity index (χ1) is 7.74. The molecule has 0 radical (unpaired) electrons. The van der Waals surface area contributed by atoms with E-state index < -0.39 is 0 Å². The molecule has 0 spiro atoms. The zero-order chi connectivity index (χ0) is 11.4. The predicted molar refractivity (Wildman–Crippen MR) is 65.6 cm³/mol. The molecule has 0 aliphatic heterocycles. The molecule has 0 bridgehead atoms. The molecule has 2 nitrogen and oxygen atoms in total. The van der Waals surface area contributed by atoms with Crippen LogP contribution in [0.4, 0.5) is 0 Å². The Morgan fingerprint density at radius 3 is 2.56 bits per heavy atom. The number of rotatable bonds is 5. The van der Waals surface area contributed by atoms with Gasteiger partial charge in [0.15, 0.2) is 0 Å². The largest absolute Gasteiger partial charge is 0.349 e. The van der Waals surface area contributed by atoms with Gasteiger partial charge in [-0.2, -0.15) is 0 Å². The van der Waals surface area contributed by atoms with Crippen molar-refractivity contribution in [1.29, 1.82) is 0 Å². The first-order valence-corrected chi connectivity index (χ1v) is 6.18. The molecule has 0 aromatic heterocycles. The maximum atomic E-state index is 11.7. The van der Waals surface area contributed by atoms with Gasteiger partial charge in [-0.05, 0) is 24.8 Å². The van der Waals surface area contributed by atoms with Crippen molar-refractivity contribution in [3.8, 4) is 0 Å². The number of amides is 1. The number of alkyl halides is 1. The summed E-state index contributed by atoms with van der Waals surface area (Å²) in [6, 6.07) is 10.1.